The lowest BCUT2D eigenvalue weighted by molar-refractivity contribution is 1.28. The van der Waals surface area contributed by atoms with Crippen molar-refractivity contribution in [1.29, 1.82) is 0 Å². The molecule has 0 bridgehead atoms. The van der Waals surface area contributed by atoms with Gasteiger partial charge in [-0.3, -0.25) is 0 Å². The molecule has 0 aromatic heterocycles. The molecule has 0 amide bonds. The van der Waals surface area contributed by atoms with Gasteiger partial charge in [0, 0.05) is 17.1 Å². The van der Waals surface area contributed by atoms with Crippen LogP contribution in [0.1, 0.15) is 11.1 Å². The molecule has 0 aliphatic heterocycles. The molecule has 0 unspecified atom stereocenters. The predicted octanol–water partition coefficient (Wildman–Crippen LogP) is 9.15. The third-order valence-corrected chi connectivity index (χ3v) is 4.92. The van der Waals surface area contributed by atoms with E-state index in [1.807, 2.05) is 54.6 Å². The molecule has 0 aliphatic carbocycles. The zero-order valence-electron chi connectivity index (χ0n) is 19.4. The van der Waals surface area contributed by atoms with Crippen molar-refractivity contribution in [3.8, 4) is 0 Å². The van der Waals surface area contributed by atoms with Crippen LogP contribution in [0.2, 0.25) is 0 Å². The molecule has 0 aliphatic rings. The van der Waals surface area contributed by atoms with Gasteiger partial charge in [-0.2, -0.15) is 0 Å². The molecule has 0 radical (unpaired) electrons. The van der Waals surface area contributed by atoms with E-state index in [9.17, 15) is 0 Å². The number of aryl methyl sites for hydroxylation is 2. The van der Waals surface area contributed by atoms with Crippen LogP contribution in [0.3, 0.4) is 0 Å². The summed E-state index contributed by atoms with van der Waals surface area (Å²) in [6.45, 7) is 4.17. The highest BCUT2D eigenvalue weighted by Gasteiger charge is 2.10. The van der Waals surface area contributed by atoms with Gasteiger partial charge in [0.1, 0.15) is 0 Å². The first kappa shape index (κ1) is 23.6. The molecule has 0 saturated carbocycles. The Labute approximate surface area is 198 Å². The summed E-state index contributed by atoms with van der Waals surface area (Å²) < 4.78 is 0. The zero-order chi connectivity index (χ0) is 23.1. The van der Waals surface area contributed by atoms with Gasteiger partial charge in [-0.05, 0) is 50.2 Å². The maximum absolute atomic E-state index is 2.25. The van der Waals surface area contributed by atoms with Crippen LogP contribution >= 0.6 is 0 Å². The molecule has 0 heterocycles. The first-order valence-corrected chi connectivity index (χ1v) is 11.2. The first-order valence-electron chi connectivity index (χ1n) is 11.2. The van der Waals surface area contributed by atoms with Gasteiger partial charge in [0.15, 0.2) is 0 Å². The smallest absolute Gasteiger partial charge is 0.0461 e. The van der Waals surface area contributed by atoms with Crippen molar-refractivity contribution in [2.75, 3.05) is 4.90 Å². The average Bonchev–Trinajstić information content (AvgIpc) is 2.88. The Morgan fingerprint density at radius 3 is 0.697 bits per heavy atom. The van der Waals surface area contributed by atoms with E-state index in [4.69, 9.17) is 0 Å². The SMILES string of the molecule is Cc1ccccc1.Cc1ccccc1.c1ccc(N(c2ccccc2)c2ccccc2)cc1. The van der Waals surface area contributed by atoms with E-state index in [1.54, 1.807) is 0 Å². The topological polar surface area (TPSA) is 3.24 Å². The normalized spacial score (nSPS) is 9.52. The van der Waals surface area contributed by atoms with Crippen LogP contribution in [0, 0.1) is 13.8 Å². The number of anilines is 3. The van der Waals surface area contributed by atoms with Crippen LogP contribution in [-0.4, -0.2) is 0 Å². The summed E-state index contributed by atoms with van der Waals surface area (Å²) in [7, 11) is 0. The van der Waals surface area contributed by atoms with Gasteiger partial charge in [0.25, 0.3) is 0 Å². The molecule has 0 atom stereocenters. The fraction of sp³-hybridized carbons (Fsp3) is 0.0625. The summed E-state index contributed by atoms with van der Waals surface area (Å²) in [4.78, 5) is 2.25. The lowest BCUT2D eigenvalue weighted by atomic mass is 10.2. The van der Waals surface area contributed by atoms with E-state index >= 15 is 0 Å². The van der Waals surface area contributed by atoms with Crippen LogP contribution < -0.4 is 4.90 Å². The number of hydrogen-bond acceptors (Lipinski definition) is 1. The van der Waals surface area contributed by atoms with Crippen molar-refractivity contribution in [2.45, 2.75) is 13.8 Å². The van der Waals surface area contributed by atoms with Gasteiger partial charge in [-0.15, -0.1) is 0 Å². The highest BCUT2D eigenvalue weighted by atomic mass is 15.1. The summed E-state index contributed by atoms with van der Waals surface area (Å²) in [5.41, 5.74) is 6.14. The molecule has 164 valence electrons. The van der Waals surface area contributed by atoms with Gasteiger partial charge in [-0.25, -0.2) is 0 Å². The van der Waals surface area contributed by atoms with E-state index in [0.29, 0.717) is 0 Å². The molecule has 33 heavy (non-hydrogen) atoms. The minimum atomic E-state index is 1.17. The van der Waals surface area contributed by atoms with E-state index in [0.717, 1.165) is 0 Å². The molecule has 0 N–H and O–H groups in total. The summed E-state index contributed by atoms with van der Waals surface area (Å²) in [5, 5.41) is 0. The van der Waals surface area contributed by atoms with Gasteiger partial charge in [-0.1, -0.05) is 126 Å². The quantitative estimate of drug-likeness (QED) is 0.276. The van der Waals surface area contributed by atoms with Crippen molar-refractivity contribution in [3.63, 3.8) is 0 Å². The van der Waals surface area contributed by atoms with E-state index in [1.165, 1.54) is 28.2 Å². The molecule has 0 fully saturated rings. The molecule has 1 heteroatoms. The van der Waals surface area contributed by atoms with Crippen LogP contribution in [0.25, 0.3) is 0 Å². The van der Waals surface area contributed by atoms with E-state index in [2.05, 4.69) is 116 Å². The second-order valence-electron chi connectivity index (χ2n) is 7.65. The Kier molecular flexibility index (Phi) is 9.53. The molecule has 1 nitrogen and oxygen atoms in total. The minimum Gasteiger partial charge on any atom is -0.311 e. The van der Waals surface area contributed by atoms with Crippen LogP contribution in [0.5, 0.6) is 0 Å². The van der Waals surface area contributed by atoms with Crippen LogP contribution in [0.4, 0.5) is 17.1 Å². The van der Waals surface area contributed by atoms with Crippen molar-refractivity contribution >= 4 is 17.1 Å². The van der Waals surface area contributed by atoms with Crippen molar-refractivity contribution in [3.05, 3.63) is 163 Å². The van der Waals surface area contributed by atoms with Gasteiger partial charge in [0.2, 0.25) is 0 Å². The van der Waals surface area contributed by atoms with E-state index in [-0.39, 0.29) is 0 Å². The maximum atomic E-state index is 2.25. The standard InChI is InChI=1S/C18H15N.2C7H8/c1-4-10-16(11-5-1)19(17-12-6-2-7-13-17)18-14-8-3-9-15-18;2*1-7-5-3-2-4-6-7/h1-15H;2*2-6H,1H3. The Morgan fingerprint density at radius 1 is 0.303 bits per heavy atom. The van der Waals surface area contributed by atoms with Gasteiger partial charge >= 0.3 is 0 Å². The lowest BCUT2D eigenvalue weighted by Gasteiger charge is -2.25. The fourth-order valence-electron chi connectivity index (χ4n) is 3.25. The molecule has 5 aromatic rings. The van der Waals surface area contributed by atoms with E-state index < -0.39 is 0 Å². The highest BCUT2D eigenvalue weighted by molar-refractivity contribution is 5.76. The minimum absolute atomic E-state index is 1.17. The average molecular weight is 430 g/mol. The third-order valence-electron chi connectivity index (χ3n) is 4.92. The maximum Gasteiger partial charge on any atom is 0.0461 e. The molecule has 0 saturated heterocycles. The van der Waals surface area contributed by atoms with Crippen LogP contribution in [-0.2, 0) is 0 Å². The number of benzene rings is 5. The first-order chi connectivity index (χ1) is 16.2. The second-order valence-corrected chi connectivity index (χ2v) is 7.65. The van der Waals surface area contributed by atoms with Crippen molar-refractivity contribution < 1.29 is 0 Å². The molecule has 0 spiro atoms. The molecule has 5 rings (SSSR count). The van der Waals surface area contributed by atoms with Crippen molar-refractivity contribution in [2.24, 2.45) is 0 Å². The Bertz CT molecular complexity index is 1010. The summed E-state index contributed by atoms with van der Waals surface area (Å²) >= 11 is 0. The van der Waals surface area contributed by atoms with Gasteiger partial charge in [0.05, 0.1) is 0 Å². The Balaban J connectivity index is 0.000000178. The summed E-state index contributed by atoms with van der Waals surface area (Å²) in [6, 6.07) is 51.8. The molecular formula is C32H31N. The lowest BCUT2D eigenvalue weighted by Crippen LogP contribution is -2.09. The number of nitrogens with zero attached hydrogens (tertiary/aromatic N) is 1. The zero-order valence-corrected chi connectivity index (χ0v) is 19.4. The number of hydrogen-bond donors (Lipinski definition) is 0. The summed E-state index contributed by atoms with van der Waals surface area (Å²) in [6.07, 6.45) is 0. The molecule has 5 aromatic carbocycles. The third kappa shape index (κ3) is 8.16. The fourth-order valence-corrected chi connectivity index (χ4v) is 3.25. The monoisotopic (exact) mass is 429 g/mol. The second kappa shape index (κ2) is 13.3. The molecular weight excluding hydrogens is 398 g/mol. The predicted molar refractivity (Wildman–Crippen MR) is 143 cm³/mol. The van der Waals surface area contributed by atoms with Crippen LogP contribution in [0.15, 0.2) is 152 Å². The Morgan fingerprint density at radius 2 is 0.515 bits per heavy atom. The highest BCUT2D eigenvalue weighted by Crippen LogP contribution is 2.33. The summed E-state index contributed by atoms with van der Waals surface area (Å²) in [5.74, 6) is 0. The van der Waals surface area contributed by atoms with Gasteiger partial charge < -0.3 is 4.90 Å². The number of rotatable bonds is 3. The number of para-hydroxylation sites is 3. The van der Waals surface area contributed by atoms with Crippen molar-refractivity contribution in [1.82, 2.24) is 0 Å². The largest absolute Gasteiger partial charge is 0.311 e. The Hall–Kier alpha value is -4.10.